The number of alkyl halides is 1. The Kier molecular flexibility index (Phi) is 7.78. The fraction of sp³-hybridized carbons (Fsp3) is 0.655. The number of halogens is 1. The number of fused-ring (bicyclic) bond motifs is 1. The fourth-order valence-electron chi connectivity index (χ4n) is 6.07. The summed E-state index contributed by atoms with van der Waals surface area (Å²) >= 11 is 0. The largest absolute Gasteiger partial charge is 0.444 e. The number of hydrogen-bond acceptors (Lipinski definition) is 6. The minimum atomic E-state index is -1.31. The number of urea groups is 1. The van der Waals surface area contributed by atoms with Crippen molar-refractivity contribution < 1.29 is 23.5 Å². The number of nitrogens with zero attached hydrogens (tertiary/aromatic N) is 5. The van der Waals surface area contributed by atoms with Gasteiger partial charge in [-0.25, -0.2) is 19.0 Å². The van der Waals surface area contributed by atoms with Crippen molar-refractivity contribution in [3.8, 4) is 0 Å². The summed E-state index contributed by atoms with van der Waals surface area (Å²) in [6, 6.07) is 1.81. The van der Waals surface area contributed by atoms with E-state index in [1.165, 1.54) is 0 Å². The summed E-state index contributed by atoms with van der Waals surface area (Å²) in [5.41, 5.74) is 0.772. The number of anilines is 1. The molecule has 0 unspecified atom stereocenters. The third-order valence-electron chi connectivity index (χ3n) is 8.22. The highest BCUT2D eigenvalue weighted by Gasteiger charge is 2.39. The van der Waals surface area contributed by atoms with Crippen LogP contribution in [0.2, 0.25) is 0 Å². The van der Waals surface area contributed by atoms with E-state index in [4.69, 9.17) is 9.72 Å². The molecular weight excluding hydrogens is 515 g/mol. The number of rotatable bonds is 4. The number of nitrogens with one attached hydrogen (secondary N) is 1. The van der Waals surface area contributed by atoms with Gasteiger partial charge in [0.1, 0.15) is 16.9 Å². The molecule has 218 valence electrons. The first-order chi connectivity index (χ1) is 18.9. The van der Waals surface area contributed by atoms with E-state index in [0.29, 0.717) is 44.7 Å². The summed E-state index contributed by atoms with van der Waals surface area (Å²) in [7, 11) is 0. The Morgan fingerprint density at radius 1 is 1.15 bits per heavy atom. The molecule has 4 amide bonds. The smallest absolute Gasteiger partial charge is 0.410 e. The first-order valence-electron chi connectivity index (χ1n) is 14.4. The van der Waals surface area contributed by atoms with Crippen LogP contribution >= 0.6 is 0 Å². The lowest BCUT2D eigenvalue weighted by Crippen LogP contribution is -2.50. The Hall–Kier alpha value is -3.21. The molecular formula is C29H41FN6O4. The molecule has 40 heavy (non-hydrogen) atoms. The van der Waals surface area contributed by atoms with Crippen molar-refractivity contribution in [3.05, 3.63) is 24.0 Å². The number of imide groups is 1. The zero-order valence-electron chi connectivity index (χ0n) is 24.0. The minimum Gasteiger partial charge on any atom is -0.444 e. The summed E-state index contributed by atoms with van der Waals surface area (Å²) in [6.45, 7) is 10.7. The number of aromatic nitrogens is 2. The van der Waals surface area contributed by atoms with Crippen LogP contribution in [-0.2, 0) is 9.53 Å². The molecule has 0 saturated carbocycles. The van der Waals surface area contributed by atoms with Crippen LogP contribution in [0.25, 0.3) is 11.0 Å². The van der Waals surface area contributed by atoms with Gasteiger partial charge >= 0.3 is 12.1 Å². The zero-order chi connectivity index (χ0) is 28.7. The van der Waals surface area contributed by atoms with Gasteiger partial charge in [-0.05, 0) is 65.1 Å². The van der Waals surface area contributed by atoms with E-state index in [0.717, 1.165) is 48.9 Å². The first-order valence-corrected chi connectivity index (χ1v) is 14.4. The van der Waals surface area contributed by atoms with Gasteiger partial charge in [0.15, 0.2) is 0 Å². The maximum atomic E-state index is 15.8. The number of likely N-dealkylation sites (tertiary alicyclic amines) is 2. The van der Waals surface area contributed by atoms with Gasteiger partial charge in [0.05, 0.1) is 11.9 Å². The molecule has 0 bridgehead atoms. The van der Waals surface area contributed by atoms with Crippen LogP contribution in [0.15, 0.2) is 18.5 Å². The maximum Gasteiger partial charge on any atom is 0.410 e. The van der Waals surface area contributed by atoms with E-state index in [2.05, 4.69) is 21.0 Å². The first kappa shape index (κ1) is 28.3. The van der Waals surface area contributed by atoms with Crippen molar-refractivity contribution in [3.63, 3.8) is 0 Å². The average Bonchev–Trinajstić information content (AvgIpc) is 3.03. The van der Waals surface area contributed by atoms with E-state index in [1.807, 2.05) is 33.8 Å². The lowest BCUT2D eigenvalue weighted by Gasteiger charge is -2.39. The summed E-state index contributed by atoms with van der Waals surface area (Å²) in [5.74, 6) is -0.259. The van der Waals surface area contributed by atoms with Gasteiger partial charge in [-0.2, -0.15) is 0 Å². The Bertz CT molecular complexity index is 1280. The molecule has 3 aliphatic heterocycles. The van der Waals surface area contributed by atoms with Crippen molar-refractivity contribution in [2.75, 3.05) is 44.2 Å². The number of amides is 4. The van der Waals surface area contributed by atoms with Crippen LogP contribution in [0.1, 0.15) is 70.9 Å². The van der Waals surface area contributed by atoms with E-state index in [1.54, 1.807) is 16.0 Å². The summed E-state index contributed by atoms with van der Waals surface area (Å²) in [5, 5.41) is 3.35. The number of ether oxygens (including phenoxy) is 1. The molecule has 5 rings (SSSR count). The molecule has 3 fully saturated rings. The highest BCUT2D eigenvalue weighted by Crippen LogP contribution is 2.33. The number of carbonyl (C=O) groups is 3. The lowest BCUT2D eigenvalue weighted by molar-refractivity contribution is -0.120. The van der Waals surface area contributed by atoms with E-state index in [-0.39, 0.29) is 24.5 Å². The van der Waals surface area contributed by atoms with Crippen molar-refractivity contribution in [1.82, 2.24) is 24.7 Å². The van der Waals surface area contributed by atoms with Crippen LogP contribution in [0.5, 0.6) is 0 Å². The zero-order valence-corrected chi connectivity index (χ0v) is 24.0. The van der Waals surface area contributed by atoms with E-state index in [9.17, 15) is 14.4 Å². The molecule has 1 atom stereocenters. The monoisotopic (exact) mass is 556 g/mol. The molecule has 0 aromatic carbocycles. The van der Waals surface area contributed by atoms with Gasteiger partial charge in [-0.1, -0.05) is 0 Å². The highest BCUT2D eigenvalue weighted by molar-refractivity contribution is 6.06. The van der Waals surface area contributed by atoms with Gasteiger partial charge in [0.25, 0.3) is 0 Å². The van der Waals surface area contributed by atoms with Crippen LogP contribution in [-0.4, -0.2) is 87.9 Å². The Morgan fingerprint density at radius 3 is 2.60 bits per heavy atom. The molecule has 10 nitrogen and oxygen atoms in total. The van der Waals surface area contributed by atoms with Gasteiger partial charge in [-0.15, -0.1) is 0 Å². The molecule has 1 N–H and O–H groups in total. The van der Waals surface area contributed by atoms with Gasteiger partial charge in [-0.3, -0.25) is 15.0 Å². The lowest BCUT2D eigenvalue weighted by atomic mass is 9.92. The number of pyridine rings is 1. The van der Waals surface area contributed by atoms with Gasteiger partial charge in [0, 0.05) is 69.6 Å². The highest BCUT2D eigenvalue weighted by atomic mass is 19.1. The second-order valence-corrected chi connectivity index (χ2v) is 12.5. The molecule has 0 spiro atoms. The van der Waals surface area contributed by atoms with Gasteiger partial charge in [0.2, 0.25) is 5.91 Å². The average molecular weight is 557 g/mol. The van der Waals surface area contributed by atoms with Crippen molar-refractivity contribution in [2.45, 2.75) is 83.5 Å². The Morgan fingerprint density at radius 2 is 1.90 bits per heavy atom. The normalized spacial score (nSPS) is 22.8. The SMILES string of the molecule is Cc1cn([C@H]2CCCN(CC3(F)CCN(C(=O)OC(C)(C)C)CC3)CC2)c2ncc(N3CCC(=O)NC3=O)cc12. The number of hydrogen-bond donors (Lipinski definition) is 1. The predicted molar refractivity (Wildman–Crippen MR) is 150 cm³/mol. The third kappa shape index (κ3) is 6.24. The molecule has 0 aliphatic carbocycles. The Labute approximate surface area is 234 Å². The van der Waals surface area contributed by atoms with Crippen molar-refractivity contribution >= 4 is 34.8 Å². The van der Waals surface area contributed by atoms with Gasteiger partial charge < -0.3 is 19.1 Å². The topological polar surface area (TPSA) is 100 Å². The van der Waals surface area contributed by atoms with E-state index >= 15 is 4.39 Å². The third-order valence-corrected chi connectivity index (χ3v) is 8.22. The second-order valence-electron chi connectivity index (χ2n) is 12.5. The number of carbonyl (C=O) groups excluding carboxylic acids is 3. The Balaban J connectivity index is 1.20. The quantitative estimate of drug-likeness (QED) is 0.593. The van der Waals surface area contributed by atoms with Crippen LogP contribution in [0.4, 0.5) is 19.7 Å². The molecule has 2 aromatic heterocycles. The standard InChI is InChI=1S/C29H41FN6O4/c1-20-18-36(25-23(20)16-22(17-31-25)35-13-8-24(37)32-26(35)38)21-6-5-11-33(12-7-21)19-29(30)9-14-34(15-10-29)27(39)40-28(2,3)4/h16-18,21H,5-15,19H2,1-4H3,(H,32,37,38)/t21-/m0/s1. The van der Waals surface area contributed by atoms with Crippen LogP contribution < -0.4 is 10.2 Å². The maximum absolute atomic E-state index is 15.8. The number of aryl methyl sites for hydroxylation is 1. The predicted octanol–water partition coefficient (Wildman–Crippen LogP) is 4.56. The molecule has 0 radical (unpaired) electrons. The van der Waals surface area contributed by atoms with Crippen LogP contribution in [0.3, 0.4) is 0 Å². The second kappa shape index (κ2) is 11.0. The molecule has 11 heteroatoms. The van der Waals surface area contributed by atoms with Crippen molar-refractivity contribution in [1.29, 1.82) is 0 Å². The minimum absolute atomic E-state index is 0.250. The van der Waals surface area contributed by atoms with E-state index < -0.39 is 17.3 Å². The molecule has 2 aromatic rings. The molecule has 3 saturated heterocycles. The van der Waals surface area contributed by atoms with Crippen molar-refractivity contribution in [2.24, 2.45) is 0 Å². The number of piperidine rings is 1. The summed E-state index contributed by atoms with van der Waals surface area (Å²) in [4.78, 5) is 46.4. The summed E-state index contributed by atoms with van der Waals surface area (Å²) < 4.78 is 23.5. The fourth-order valence-corrected chi connectivity index (χ4v) is 6.07. The summed E-state index contributed by atoms with van der Waals surface area (Å²) in [6.07, 6.45) is 7.21. The molecule has 3 aliphatic rings. The molecule has 5 heterocycles. The van der Waals surface area contributed by atoms with Crippen LogP contribution in [0, 0.1) is 6.92 Å².